The molecule has 19 heavy (non-hydrogen) atoms. The van der Waals surface area contributed by atoms with Crippen LogP contribution in [0, 0.1) is 6.92 Å². The van der Waals surface area contributed by atoms with E-state index in [9.17, 15) is 9.59 Å². The number of aliphatic carboxylic acids is 1. The smallest absolute Gasteiger partial charge is 0.325 e. The Bertz CT molecular complexity index is 605. The maximum atomic E-state index is 11.7. The third-order valence-corrected chi connectivity index (χ3v) is 3.04. The molecule has 1 amide bonds. The Hall–Kier alpha value is -2.22. The maximum absolute atomic E-state index is 11.7. The highest BCUT2D eigenvalue weighted by Crippen LogP contribution is 2.10. The van der Waals surface area contributed by atoms with E-state index < -0.39 is 5.97 Å². The number of carbonyl (C=O) groups is 2. The Balaban J connectivity index is 1.91. The maximum Gasteiger partial charge on any atom is 0.325 e. The molecule has 2 aromatic heterocycles. The van der Waals surface area contributed by atoms with Crippen LogP contribution in [-0.2, 0) is 22.6 Å². The van der Waals surface area contributed by atoms with Crippen LogP contribution >= 0.6 is 11.3 Å². The van der Waals surface area contributed by atoms with Crippen LogP contribution in [0.1, 0.15) is 10.7 Å². The number of carboxylic acids is 1. The topological polar surface area (TPSA) is 97.1 Å². The summed E-state index contributed by atoms with van der Waals surface area (Å²) >= 11 is 1.49. The van der Waals surface area contributed by atoms with E-state index >= 15 is 0 Å². The van der Waals surface area contributed by atoms with Crippen molar-refractivity contribution in [3.05, 3.63) is 28.5 Å². The number of aromatic nitrogens is 3. The van der Waals surface area contributed by atoms with Gasteiger partial charge >= 0.3 is 5.97 Å². The van der Waals surface area contributed by atoms with Gasteiger partial charge in [-0.2, -0.15) is 5.10 Å². The van der Waals surface area contributed by atoms with Crippen LogP contribution in [0.5, 0.6) is 0 Å². The molecule has 0 aromatic carbocycles. The molecule has 0 spiro atoms. The molecule has 0 saturated carbocycles. The number of amides is 1. The predicted octanol–water partition coefficient (Wildman–Crippen LogP) is 0.914. The van der Waals surface area contributed by atoms with Crippen molar-refractivity contribution in [3.63, 3.8) is 0 Å². The summed E-state index contributed by atoms with van der Waals surface area (Å²) in [5.41, 5.74) is 1.19. The van der Waals surface area contributed by atoms with Crippen molar-refractivity contribution >= 4 is 28.9 Å². The molecule has 0 atom stereocenters. The molecule has 2 heterocycles. The van der Waals surface area contributed by atoms with E-state index in [1.165, 1.54) is 28.4 Å². The number of rotatable bonds is 5. The van der Waals surface area contributed by atoms with Crippen LogP contribution in [0.25, 0.3) is 0 Å². The van der Waals surface area contributed by atoms with Crippen LogP contribution in [0.4, 0.5) is 5.69 Å². The van der Waals surface area contributed by atoms with Gasteiger partial charge in [-0.15, -0.1) is 11.3 Å². The van der Waals surface area contributed by atoms with Crippen molar-refractivity contribution in [1.82, 2.24) is 14.8 Å². The summed E-state index contributed by atoms with van der Waals surface area (Å²) in [6, 6.07) is 0. The SMILES string of the molecule is Cc1nc(CC(=O)Nc2cnn(CC(=O)O)c2)cs1. The average molecular weight is 280 g/mol. The molecule has 0 radical (unpaired) electrons. The van der Waals surface area contributed by atoms with Gasteiger partial charge < -0.3 is 10.4 Å². The number of hydrogen-bond acceptors (Lipinski definition) is 5. The molecule has 0 fully saturated rings. The number of carboxylic acid groups (broad SMARTS) is 1. The van der Waals surface area contributed by atoms with Gasteiger partial charge in [0, 0.05) is 11.6 Å². The van der Waals surface area contributed by atoms with Crippen molar-refractivity contribution in [3.8, 4) is 0 Å². The lowest BCUT2D eigenvalue weighted by molar-refractivity contribution is -0.137. The molecule has 0 aliphatic rings. The van der Waals surface area contributed by atoms with Gasteiger partial charge in [-0.1, -0.05) is 0 Å². The molecule has 0 aliphatic carbocycles. The third-order valence-electron chi connectivity index (χ3n) is 2.22. The monoisotopic (exact) mass is 280 g/mol. The summed E-state index contributed by atoms with van der Waals surface area (Å²) in [5.74, 6) is -1.20. The summed E-state index contributed by atoms with van der Waals surface area (Å²) < 4.78 is 1.24. The van der Waals surface area contributed by atoms with Crippen molar-refractivity contribution in [2.45, 2.75) is 19.9 Å². The van der Waals surface area contributed by atoms with Gasteiger partial charge in [0.1, 0.15) is 6.54 Å². The minimum atomic E-state index is -0.987. The Morgan fingerprint density at radius 2 is 2.32 bits per heavy atom. The molecular formula is C11H12N4O3S. The van der Waals surface area contributed by atoms with Gasteiger partial charge in [-0.05, 0) is 6.92 Å². The van der Waals surface area contributed by atoms with E-state index in [2.05, 4.69) is 15.4 Å². The molecule has 100 valence electrons. The van der Waals surface area contributed by atoms with Crippen molar-refractivity contribution in [2.75, 3.05) is 5.32 Å². The number of hydrogen-bond donors (Lipinski definition) is 2. The summed E-state index contributed by atoms with van der Waals surface area (Å²) in [4.78, 5) is 26.4. The van der Waals surface area contributed by atoms with Crippen LogP contribution in [0.3, 0.4) is 0 Å². The molecule has 0 unspecified atom stereocenters. The molecular weight excluding hydrogens is 268 g/mol. The molecule has 0 saturated heterocycles. The lowest BCUT2D eigenvalue weighted by Gasteiger charge is -1.99. The minimum Gasteiger partial charge on any atom is -0.480 e. The van der Waals surface area contributed by atoms with E-state index in [-0.39, 0.29) is 18.9 Å². The predicted molar refractivity (Wildman–Crippen MR) is 69.0 cm³/mol. The molecule has 8 heteroatoms. The van der Waals surface area contributed by atoms with Gasteiger partial charge in [0.25, 0.3) is 0 Å². The molecule has 2 aromatic rings. The van der Waals surface area contributed by atoms with Crippen molar-refractivity contribution in [1.29, 1.82) is 0 Å². The summed E-state index contributed by atoms with van der Waals surface area (Å²) in [5, 5.41) is 17.8. The van der Waals surface area contributed by atoms with E-state index in [0.29, 0.717) is 5.69 Å². The molecule has 0 aliphatic heterocycles. The number of aryl methyl sites for hydroxylation is 1. The van der Waals surface area contributed by atoms with E-state index in [4.69, 9.17) is 5.11 Å². The Labute approximate surface area is 112 Å². The first-order valence-electron chi connectivity index (χ1n) is 5.48. The number of nitrogens with zero attached hydrogens (tertiary/aromatic N) is 3. The van der Waals surface area contributed by atoms with Crippen LogP contribution in [0.2, 0.25) is 0 Å². The van der Waals surface area contributed by atoms with E-state index in [1.807, 2.05) is 12.3 Å². The van der Waals surface area contributed by atoms with E-state index in [0.717, 1.165) is 10.7 Å². The van der Waals surface area contributed by atoms with E-state index in [1.54, 1.807) is 0 Å². The zero-order valence-electron chi connectivity index (χ0n) is 10.2. The first-order valence-corrected chi connectivity index (χ1v) is 6.36. The number of thiazole rings is 1. The first-order chi connectivity index (χ1) is 9.02. The largest absolute Gasteiger partial charge is 0.480 e. The van der Waals surface area contributed by atoms with Gasteiger partial charge in [0.05, 0.1) is 29.0 Å². The summed E-state index contributed by atoms with van der Waals surface area (Å²) in [6.07, 6.45) is 3.07. The lowest BCUT2D eigenvalue weighted by atomic mass is 10.3. The zero-order chi connectivity index (χ0) is 13.8. The van der Waals surface area contributed by atoms with Gasteiger partial charge in [0.15, 0.2) is 0 Å². The Morgan fingerprint density at radius 1 is 1.53 bits per heavy atom. The second-order valence-electron chi connectivity index (χ2n) is 3.90. The first kappa shape index (κ1) is 13.2. The fourth-order valence-electron chi connectivity index (χ4n) is 1.51. The van der Waals surface area contributed by atoms with Gasteiger partial charge in [-0.25, -0.2) is 4.98 Å². The highest BCUT2D eigenvalue weighted by molar-refractivity contribution is 7.09. The Morgan fingerprint density at radius 3 is 2.95 bits per heavy atom. The normalized spacial score (nSPS) is 10.4. The number of carbonyl (C=O) groups excluding carboxylic acids is 1. The number of nitrogens with one attached hydrogen (secondary N) is 1. The van der Waals surface area contributed by atoms with Gasteiger partial charge in [0.2, 0.25) is 5.91 Å². The molecule has 2 rings (SSSR count). The molecule has 2 N–H and O–H groups in total. The van der Waals surface area contributed by atoms with Crippen LogP contribution in [-0.4, -0.2) is 31.7 Å². The average Bonchev–Trinajstić information content (AvgIpc) is 2.88. The number of anilines is 1. The van der Waals surface area contributed by atoms with Gasteiger partial charge in [-0.3, -0.25) is 14.3 Å². The van der Waals surface area contributed by atoms with Crippen molar-refractivity contribution in [2.24, 2.45) is 0 Å². The molecule has 7 nitrogen and oxygen atoms in total. The summed E-state index contributed by atoms with van der Waals surface area (Å²) in [7, 11) is 0. The second-order valence-corrected chi connectivity index (χ2v) is 4.97. The highest BCUT2D eigenvalue weighted by atomic mass is 32.1. The van der Waals surface area contributed by atoms with Crippen LogP contribution < -0.4 is 5.32 Å². The zero-order valence-corrected chi connectivity index (χ0v) is 11.0. The minimum absolute atomic E-state index is 0.189. The van der Waals surface area contributed by atoms with Crippen molar-refractivity contribution < 1.29 is 14.7 Å². The molecule has 0 bridgehead atoms. The standard InChI is InChI=1S/C11H12N4O3S/c1-7-13-8(6-19-7)2-10(16)14-9-3-12-15(4-9)5-11(17)18/h3-4,6H,2,5H2,1H3,(H,14,16)(H,17,18). The third kappa shape index (κ3) is 3.88. The quantitative estimate of drug-likeness (QED) is 0.848. The Kier molecular flexibility index (Phi) is 3.91. The van der Waals surface area contributed by atoms with Crippen LogP contribution in [0.15, 0.2) is 17.8 Å². The fraction of sp³-hybridized carbons (Fsp3) is 0.273. The summed E-state index contributed by atoms with van der Waals surface area (Å²) in [6.45, 7) is 1.64. The fourth-order valence-corrected chi connectivity index (χ4v) is 2.12. The second kappa shape index (κ2) is 5.61. The lowest BCUT2D eigenvalue weighted by Crippen LogP contribution is -2.14. The highest BCUT2D eigenvalue weighted by Gasteiger charge is 2.09.